The third-order valence-electron chi connectivity index (χ3n) is 5.16. The number of likely N-dealkylation sites (N-methyl/N-ethyl adjacent to an activating group) is 1. The van der Waals surface area contributed by atoms with Gasteiger partial charge in [0.2, 0.25) is 5.91 Å². The Balaban J connectivity index is 1.88. The molecule has 0 radical (unpaired) electrons. The highest BCUT2D eigenvalue weighted by molar-refractivity contribution is 5.88. The number of benzene rings is 3. The molecule has 0 aliphatic heterocycles. The third kappa shape index (κ3) is 6.71. The van der Waals surface area contributed by atoms with Gasteiger partial charge < -0.3 is 15.0 Å². The third-order valence-corrected chi connectivity index (χ3v) is 5.16. The van der Waals surface area contributed by atoms with Crippen molar-refractivity contribution in [2.24, 2.45) is 0 Å². The molecule has 0 aromatic heterocycles. The van der Waals surface area contributed by atoms with Crippen molar-refractivity contribution in [3.05, 3.63) is 102 Å². The lowest BCUT2D eigenvalue weighted by molar-refractivity contribution is -0.142. The number of para-hydroxylation sites is 1. The Labute approximate surface area is 190 Å². The van der Waals surface area contributed by atoms with Crippen LogP contribution >= 0.6 is 0 Å². The summed E-state index contributed by atoms with van der Waals surface area (Å²) in [7, 11) is 0. The molecule has 1 atom stereocenters. The van der Waals surface area contributed by atoms with Gasteiger partial charge in [0.15, 0.2) is 6.61 Å². The lowest BCUT2D eigenvalue weighted by atomic mass is 10.0. The Morgan fingerprint density at radius 2 is 1.56 bits per heavy atom. The molecule has 0 aliphatic carbocycles. The number of hydrogen-bond acceptors (Lipinski definition) is 3. The summed E-state index contributed by atoms with van der Waals surface area (Å²) < 4.78 is 5.73. The van der Waals surface area contributed by atoms with Crippen LogP contribution in [-0.2, 0) is 22.6 Å². The monoisotopic (exact) mass is 430 g/mol. The SMILES string of the molecule is CCNC(=O)[C@H](Cc1ccccc1)N(Cc1cccc(C)c1)C(=O)COc1ccccc1. The molecule has 0 saturated heterocycles. The van der Waals surface area contributed by atoms with Crippen LogP contribution in [0, 0.1) is 6.92 Å². The number of nitrogens with one attached hydrogen (secondary N) is 1. The number of nitrogens with zero attached hydrogens (tertiary/aromatic N) is 1. The van der Waals surface area contributed by atoms with Gasteiger partial charge in [0.1, 0.15) is 11.8 Å². The molecule has 3 aromatic rings. The highest BCUT2D eigenvalue weighted by atomic mass is 16.5. The lowest BCUT2D eigenvalue weighted by Crippen LogP contribution is -2.51. The summed E-state index contributed by atoms with van der Waals surface area (Å²) in [6, 6.07) is 26.3. The van der Waals surface area contributed by atoms with Gasteiger partial charge in [-0.3, -0.25) is 9.59 Å². The predicted molar refractivity (Wildman–Crippen MR) is 126 cm³/mol. The molecule has 0 spiro atoms. The maximum atomic E-state index is 13.4. The Bertz CT molecular complexity index is 1010. The molecule has 0 heterocycles. The van der Waals surface area contributed by atoms with Crippen LogP contribution in [0.5, 0.6) is 5.75 Å². The maximum absolute atomic E-state index is 13.4. The molecule has 0 aliphatic rings. The van der Waals surface area contributed by atoms with Crippen LogP contribution < -0.4 is 10.1 Å². The van der Waals surface area contributed by atoms with E-state index in [1.807, 2.05) is 98.8 Å². The second kappa shape index (κ2) is 11.7. The van der Waals surface area contributed by atoms with Crippen molar-refractivity contribution < 1.29 is 14.3 Å². The molecular weight excluding hydrogens is 400 g/mol. The van der Waals surface area contributed by atoms with E-state index in [0.29, 0.717) is 25.3 Å². The summed E-state index contributed by atoms with van der Waals surface area (Å²) in [6.45, 7) is 4.58. The van der Waals surface area contributed by atoms with Gasteiger partial charge >= 0.3 is 0 Å². The van der Waals surface area contributed by atoms with Crippen molar-refractivity contribution >= 4 is 11.8 Å². The van der Waals surface area contributed by atoms with E-state index in [4.69, 9.17) is 4.74 Å². The first kappa shape index (κ1) is 23.1. The number of hydrogen-bond donors (Lipinski definition) is 1. The van der Waals surface area contributed by atoms with Crippen molar-refractivity contribution in [2.75, 3.05) is 13.2 Å². The number of aryl methyl sites for hydroxylation is 1. The Morgan fingerprint density at radius 1 is 0.906 bits per heavy atom. The summed E-state index contributed by atoms with van der Waals surface area (Å²) >= 11 is 0. The van der Waals surface area contributed by atoms with Crippen LogP contribution in [0.4, 0.5) is 0 Å². The highest BCUT2D eigenvalue weighted by Gasteiger charge is 2.30. The topological polar surface area (TPSA) is 58.6 Å². The van der Waals surface area contributed by atoms with Crippen molar-refractivity contribution in [3.8, 4) is 5.75 Å². The lowest BCUT2D eigenvalue weighted by Gasteiger charge is -2.31. The van der Waals surface area contributed by atoms with Crippen LogP contribution in [0.25, 0.3) is 0 Å². The zero-order chi connectivity index (χ0) is 22.8. The second-order valence-corrected chi connectivity index (χ2v) is 7.71. The quantitative estimate of drug-likeness (QED) is 0.526. The molecule has 2 amide bonds. The zero-order valence-electron chi connectivity index (χ0n) is 18.7. The normalized spacial score (nSPS) is 11.4. The molecule has 1 N–H and O–H groups in total. The first-order valence-corrected chi connectivity index (χ1v) is 10.9. The Kier molecular flexibility index (Phi) is 8.44. The molecule has 3 rings (SSSR count). The van der Waals surface area contributed by atoms with Crippen LogP contribution in [0.3, 0.4) is 0 Å². The summed E-state index contributed by atoms with van der Waals surface area (Å²) in [4.78, 5) is 28.1. The van der Waals surface area contributed by atoms with E-state index in [1.165, 1.54) is 0 Å². The van der Waals surface area contributed by atoms with Crippen molar-refractivity contribution in [1.82, 2.24) is 10.2 Å². The summed E-state index contributed by atoms with van der Waals surface area (Å²) in [5.74, 6) is 0.216. The van der Waals surface area contributed by atoms with Crippen molar-refractivity contribution in [2.45, 2.75) is 32.9 Å². The van der Waals surface area contributed by atoms with Gasteiger partial charge in [-0.1, -0.05) is 78.4 Å². The molecule has 5 nitrogen and oxygen atoms in total. The minimum absolute atomic E-state index is 0.138. The summed E-state index contributed by atoms with van der Waals surface area (Å²) in [6.07, 6.45) is 0.426. The average molecular weight is 431 g/mol. The summed E-state index contributed by atoms with van der Waals surface area (Å²) in [5, 5.41) is 2.90. The number of carbonyl (C=O) groups excluding carboxylic acids is 2. The summed E-state index contributed by atoms with van der Waals surface area (Å²) in [5.41, 5.74) is 3.07. The smallest absolute Gasteiger partial charge is 0.261 e. The predicted octanol–water partition coefficient (Wildman–Crippen LogP) is 4.15. The van der Waals surface area contributed by atoms with Crippen LogP contribution in [0.15, 0.2) is 84.9 Å². The van der Waals surface area contributed by atoms with Crippen LogP contribution in [0.2, 0.25) is 0 Å². The van der Waals surface area contributed by atoms with E-state index in [2.05, 4.69) is 5.32 Å². The first-order chi connectivity index (χ1) is 15.6. The molecule has 32 heavy (non-hydrogen) atoms. The van der Waals surface area contributed by atoms with E-state index >= 15 is 0 Å². The Morgan fingerprint density at radius 3 is 2.22 bits per heavy atom. The largest absolute Gasteiger partial charge is 0.484 e. The van der Waals surface area contributed by atoms with E-state index in [-0.39, 0.29) is 18.4 Å². The fraction of sp³-hybridized carbons (Fsp3) is 0.259. The van der Waals surface area contributed by atoms with E-state index < -0.39 is 6.04 Å². The van der Waals surface area contributed by atoms with E-state index in [0.717, 1.165) is 16.7 Å². The van der Waals surface area contributed by atoms with Gasteiger partial charge in [0.05, 0.1) is 0 Å². The van der Waals surface area contributed by atoms with Gasteiger partial charge in [-0.25, -0.2) is 0 Å². The average Bonchev–Trinajstić information content (AvgIpc) is 2.81. The van der Waals surface area contributed by atoms with Crippen LogP contribution in [-0.4, -0.2) is 35.9 Å². The fourth-order valence-electron chi connectivity index (χ4n) is 3.60. The zero-order valence-corrected chi connectivity index (χ0v) is 18.7. The minimum atomic E-state index is -0.648. The Hall–Kier alpha value is -3.60. The van der Waals surface area contributed by atoms with Gasteiger partial charge in [0.25, 0.3) is 5.91 Å². The second-order valence-electron chi connectivity index (χ2n) is 7.71. The number of carbonyl (C=O) groups is 2. The molecule has 0 unspecified atom stereocenters. The van der Waals surface area contributed by atoms with E-state index in [9.17, 15) is 9.59 Å². The molecule has 0 saturated carbocycles. The molecule has 0 bridgehead atoms. The van der Waals surface area contributed by atoms with Gasteiger partial charge in [0, 0.05) is 19.5 Å². The molecular formula is C27H30N2O3. The molecule has 5 heteroatoms. The number of amides is 2. The standard InChI is InChI=1S/C27H30N2O3/c1-3-28-27(31)25(18-22-12-6-4-7-13-22)29(19-23-14-10-11-21(2)17-23)26(30)20-32-24-15-8-5-9-16-24/h4-17,25H,3,18-20H2,1-2H3,(H,28,31)/t25-/m0/s1. The van der Waals surface area contributed by atoms with Gasteiger partial charge in [-0.05, 0) is 37.1 Å². The minimum Gasteiger partial charge on any atom is -0.484 e. The highest BCUT2D eigenvalue weighted by Crippen LogP contribution is 2.17. The molecule has 0 fully saturated rings. The first-order valence-electron chi connectivity index (χ1n) is 10.9. The van der Waals surface area contributed by atoms with Crippen LogP contribution in [0.1, 0.15) is 23.6 Å². The van der Waals surface area contributed by atoms with Crippen molar-refractivity contribution in [1.29, 1.82) is 0 Å². The van der Waals surface area contributed by atoms with Crippen molar-refractivity contribution in [3.63, 3.8) is 0 Å². The maximum Gasteiger partial charge on any atom is 0.261 e. The van der Waals surface area contributed by atoms with Gasteiger partial charge in [-0.15, -0.1) is 0 Å². The number of rotatable bonds is 10. The molecule has 3 aromatic carbocycles. The van der Waals surface area contributed by atoms with E-state index in [1.54, 1.807) is 4.90 Å². The van der Waals surface area contributed by atoms with Gasteiger partial charge in [-0.2, -0.15) is 0 Å². The number of ether oxygens (including phenoxy) is 1. The fourth-order valence-corrected chi connectivity index (χ4v) is 3.60. The molecule has 166 valence electrons.